The molecular weight excluding hydrogens is 665 g/mol. The zero-order chi connectivity index (χ0) is 39.6. The number of hydrogen-bond donors (Lipinski definition) is 0. The molecule has 0 fully saturated rings. The van der Waals surface area contributed by atoms with Crippen molar-refractivity contribution in [3.63, 3.8) is 0 Å². The van der Waals surface area contributed by atoms with Crippen molar-refractivity contribution in [1.82, 2.24) is 0 Å². The van der Waals surface area contributed by atoms with Crippen LogP contribution in [-0.4, -0.2) is 11.6 Å². The third kappa shape index (κ3) is 9.22. The van der Waals surface area contributed by atoms with Crippen LogP contribution in [0, 0.1) is 21.7 Å². The van der Waals surface area contributed by atoms with Crippen molar-refractivity contribution in [3.8, 4) is 22.3 Å². The monoisotopic (exact) mass is 718 g/mol. The van der Waals surface area contributed by atoms with Crippen molar-refractivity contribution in [3.05, 3.63) is 143 Å². The predicted molar refractivity (Wildman–Crippen MR) is 223 cm³/mol. The van der Waals surface area contributed by atoms with E-state index in [-0.39, 0.29) is 33.2 Å². The fourth-order valence-electron chi connectivity index (χ4n) is 6.44. The van der Waals surface area contributed by atoms with Crippen LogP contribution in [-0.2, 0) is 9.59 Å². The van der Waals surface area contributed by atoms with E-state index in [1.165, 1.54) is 0 Å². The van der Waals surface area contributed by atoms with Gasteiger partial charge in [0.05, 0.1) is 23.8 Å². The Hall–Kier alpha value is -5.36. The van der Waals surface area contributed by atoms with E-state index in [0.717, 1.165) is 55.7 Å². The minimum Gasteiger partial charge on any atom is -0.289 e. The Labute approximate surface area is 322 Å². The van der Waals surface area contributed by atoms with Crippen LogP contribution in [0.1, 0.15) is 83.1 Å². The van der Waals surface area contributed by atoms with E-state index in [0.29, 0.717) is 11.4 Å². The van der Waals surface area contributed by atoms with Crippen molar-refractivity contribution >= 4 is 22.9 Å². The summed E-state index contributed by atoms with van der Waals surface area (Å²) in [4.78, 5) is 26.9. The molecule has 54 heavy (non-hydrogen) atoms. The second-order valence-corrected chi connectivity index (χ2v) is 18.2. The summed E-state index contributed by atoms with van der Waals surface area (Å²) in [5, 5.41) is 18.6. The van der Waals surface area contributed by atoms with Gasteiger partial charge in [0.25, 0.3) is 0 Å². The van der Waals surface area contributed by atoms with Gasteiger partial charge in [0, 0.05) is 33.4 Å². The summed E-state index contributed by atoms with van der Waals surface area (Å²) in [5.41, 5.74) is 8.52. The van der Waals surface area contributed by atoms with Crippen molar-refractivity contribution < 1.29 is 9.59 Å². The second-order valence-electron chi connectivity index (χ2n) is 18.2. The number of rotatable bonds is 6. The van der Waals surface area contributed by atoms with Gasteiger partial charge in [0.1, 0.15) is 0 Å². The average molecular weight is 719 g/mol. The second kappa shape index (κ2) is 15.2. The van der Waals surface area contributed by atoms with Gasteiger partial charge in [-0.25, -0.2) is 0 Å². The van der Waals surface area contributed by atoms with E-state index in [1.54, 1.807) is 12.4 Å². The highest BCUT2D eigenvalue weighted by molar-refractivity contribution is 6.12. The predicted octanol–water partition coefficient (Wildman–Crippen LogP) is 14.0. The molecule has 0 aromatic heterocycles. The Kier molecular flexibility index (Phi) is 11.2. The molecule has 0 saturated carbocycles. The summed E-state index contributed by atoms with van der Waals surface area (Å²) in [6, 6.07) is 24.2. The Morgan fingerprint density at radius 3 is 1.26 bits per heavy atom. The highest BCUT2D eigenvalue weighted by Crippen LogP contribution is 2.42. The molecule has 0 N–H and O–H groups in total. The minimum absolute atomic E-state index is 0.0802. The van der Waals surface area contributed by atoms with Gasteiger partial charge in [-0.1, -0.05) is 144 Å². The van der Waals surface area contributed by atoms with E-state index in [1.807, 2.05) is 72.8 Å². The van der Waals surface area contributed by atoms with Gasteiger partial charge < -0.3 is 0 Å². The van der Waals surface area contributed by atoms with Crippen LogP contribution in [0.25, 0.3) is 22.3 Å². The van der Waals surface area contributed by atoms with Crippen LogP contribution in [0.5, 0.6) is 0 Å². The molecule has 0 saturated heterocycles. The Morgan fingerprint density at radius 1 is 0.426 bits per heavy atom. The lowest BCUT2D eigenvalue weighted by atomic mass is 9.72. The number of carbonyl (C=O) groups is 2. The van der Waals surface area contributed by atoms with Crippen molar-refractivity contribution in [2.45, 2.75) is 83.1 Å². The zero-order valence-electron chi connectivity index (χ0n) is 34.0. The van der Waals surface area contributed by atoms with Gasteiger partial charge in [0.15, 0.2) is 11.6 Å². The third-order valence-corrected chi connectivity index (χ3v) is 9.50. The van der Waals surface area contributed by atoms with Gasteiger partial charge in [-0.2, -0.15) is 20.5 Å². The average Bonchev–Trinajstić information content (AvgIpc) is 3.08. The lowest BCUT2D eigenvalue weighted by molar-refractivity contribution is -0.114. The summed E-state index contributed by atoms with van der Waals surface area (Å²) < 4.78 is 0. The number of nitrogens with zero attached hydrogens (tertiary/aromatic N) is 4. The van der Waals surface area contributed by atoms with Gasteiger partial charge >= 0.3 is 0 Å². The third-order valence-electron chi connectivity index (χ3n) is 9.50. The number of azo groups is 2. The van der Waals surface area contributed by atoms with E-state index in [2.05, 4.69) is 123 Å². The molecule has 0 bridgehead atoms. The molecule has 0 radical (unpaired) electrons. The summed E-state index contributed by atoms with van der Waals surface area (Å²) in [5.74, 6) is 0.163. The standard InChI is InChI=1S/C48H54N4O2/c1-45(2,3)37-24-31(25-38(43(37)53)46(4,5)6)29-49-51-41-21-17-16-20-35(41)36-23-22-34(33-18-14-13-15-19-33)28-42(36)52-50-30-32-26-39(47(7,8)9)44(54)40(27-32)48(10,11)12/h13-30H,1-12H3/b51-49+,52-50+. The highest BCUT2D eigenvalue weighted by atomic mass is 16.1. The lowest BCUT2D eigenvalue weighted by Crippen LogP contribution is -2.27. The number of carbonyl (C=O) groups excluding carboxylic acids is 2. The molecule has 0 unspecified atom stereocenters. The topological polar surface area (TPSA) is 83.6 Å². The maximum Gasteiger partial charge on any atom is 0.186 e. The molecule has 0 spiro atoms. The highest BCUT2D eigenvalue weighted by Gasteiger charge is 2.35. The molecule has 2 aliphatic rings. The number of allylic oxidation sites excluding steroid dienone is 10. The largest absolute Gasteiger partial charge is 0.289 e. The van der Waals surface area contributed by atoms with Crippen molar-refractivity contribution in [2.24, 2.45) is 42.1 Å². The molecule has 3 aromatic rings. The quantitative estimate of drug-likeness (QED) is 0.238. The van der Waals surface area contributed by atoms with Crippen LogP contribution in [0.2, 0.25) is 0 Å². The molecule has 0 amide bonds. The number of ketones is 2. The van der Waals surface area contributed by atoms with Crippen LogP contribution in [0.3, 0.4) is 0 Å². The van der Waals surface area contributed by atoms with E-state index in [9.17, 15) is 9.59 Å². The summed E-state index contributed by atoms with van der Waals surface area (Å²) in [6.45, 7) is 24.7. The van der Waals surface area contributed by atoms with Gasteiger partial charge in [-0.3, -0.25) is 9.59 Å². The Morgan fingerprint density at radius 2 is 0.815 bits per heavy atom. The Bertz CT molecular complexity index is 2140. The van der Waals surface area contributed by atoms with E-state index in [4.69, 9.17) is 5.11 Å². The molecular formula is C48H54N4O2. The lowest BCUT2D eigenvalue weighted by Gasteiger charge is -2.31. The summed E-state index contributed by atoms with van der Waals surface area (Å²) in [6.07, 6.45) is 11.2. The van der Waals surface area contributed by atoms with Crippen LogP contribution in [0.4, 0.5) is 11.4 Å². The first-order valence-electron chi connectivity index (χ1n) is 18.6. The number of hydrogen-bond acceptors (Lipinski definition) is 6. The molecule has 278 valence electrons. The fourth-order valence-corrected chi connectivity index (χ4v) is 6.44. The summed E-state index contributed by atoms with van der Waals surface area (Å²) in [7, 11) is 0. The smallest absolute Gasteiger partial charge is 0.186 e. The van der Waals surface area contributed by atoms with Crippen LogP contribution < -0.4 is 0 Å². The molecule has 0 heterocycles. The van der Waals surface area contributed by atoms with Crippen molar-refractivity contribution in [2.75, 3.05) is 0 Å². The van der Waals surface area contributed by atoms with E-state index < -0.39 is 0 Å². The van der Waals surface area contributed by atoms with Gasteiger partial charge in [0.2, 0.25) is 0 Å². The molecule has 6 nitrogen and oxygen atoms in total. The van der Waals surface area contributed by atoms with E-state index >= 15 is 0 Å². The first-order valence-corrected chi connectivity index (χ1v) is 18.6. The SMILES string of the molecule is CC(C)(C)C1=CC(=C/N=N/c2ccccc2-c2ccc(-c3ccccc3)cc2/N=N/C=C2C=C(C(C)(C)C)C(=O)C(C(C)(C)C)=C2)C=C(C(C)(C)C)C1=O. The van der Waals surface area contributed by atoms with Crippen LogP contribution in [0.15, 0.2) is 163 Å². The zero-order valence-corrected chi connectivity index (χ0v) is 34.0. The number of Topliss-reactive ketones (excluding diaryl/α,β-unsaturated/α-hetero) is 2. The molecule has 6 heteroatoms. The maximum absolute atomic E-state index is 13.5. The molecule has 0 aliphatic heterocycles. The molecule has 2 aliphatic carbocycles. The number of benzene rings is 3. The Balaban J connectivity index is 1.59. The normalized spacial score (nSPS) is 16.1. The summed E-state index contributed by atoms with van der Waals surface area (Å²) >= 11 is 0. The molecule has 5 rings (SSSR count). The van der Waals surface area contributed by atoms with Gasteiger partial charge in [-0.15, -0.1) is 0 Å². The first-order chi connectivity index (χ1) is 25.1. The molecule has 0 atom stereocenters. The first kappa shape index (κ1) is 39.8. The van der Waals surface area contributed by atoms with Crippen molar-refractivity contribution in [1.29, 1.82) is 0 Å². The molecule has 3 aromatic carbocycles. The van der Waals surface area contributed by atoms with Crippen LogP contribution >= 0.6 is 0 Å². The van der Waals surface area contributed by atoms with Gasteiger partial charge in [-0.05, 0) is 80.4 Å². The fraction of sp³-hybridized carbons (Fsp3) is 0.333. The maximum atomic E-state index is 13.5. The minimum atomic E-state index is -0.325.